The highest BCUT2D eigenvalue weighted by Gasteiger charge is 2.55. The van der Waals surface area contributed by atoms with E-state index in [1.165, 1.54) is 12.3 Å². The molecule has 2 saturated heterocycles. The van der Waals surface area contributed by atoms with Crippen molar-refractivity contribution in [1.82, 2.24) is 9.29 Å². The van der Waals surface area contributed by atoms with Crippen molar-refractivity contribution in [1.29, 1.82) is 0 Å². The molecule has 180 valence electrons. The molecular weight excluding hydrogens is 451 g/mol. The Morgan fingerprint density at radius 2 is 2.03 bits per heavy atom. The van der Waals surface area contributed by atoms with Crippen molar-refractivity contribution in [2.45, 2.75) is 63.6 Å². The molecule has 0 saturated carbocycles. The molecule has 2 aliphatic heterocycles. The predicted molar refractivity (Wildman–Crippen MR) is 121 cm³/mol. The number of nitrogens with one attached hydrogen (secondary N) is 1. The molecule has 0 radical (unpaired) electrons. The van der Waals surface area contributed by atoms with Gasteiger partial charge in [0, 0.05) is 24.2 Å². The maximum Gasteiger partial charge on any atom is 0.457 e. The molecule has 1 aromatic heterocycles. The molecule has 14 heteroatoms. The Morgan fingerprint density at radius 1 is 1.36 bits per heavy atom. The van der Waals surface area contributed by atoms with Gasteiger partial charge in [-0.2, -0.15) is 12.7 Å². The summed E-state index contributed by atoms with van der Waals surface area (Å²) in [5.41, 5.74) is 6.18. The zero-order valence-electron chi connectivity index (χ0n) is 19.1. The molecule has 0 aliphatic carbocycles. The summed E-state index contributed by atoms with van der Waals surface area (Å²) >= 11 is 0. The first-order valence-corrected chi connectivity index (χ1v) is 12.1. The van der Waals surface area contributed by atoms with Crippen molar-refractivity contribution in [2.24, 2.45) is 11.0 Å². The van der Waals surface area contributed by atoms with Crippen LogP contribution in [-0.2, 0) is 24.3 Å². The molecule has 2 unspecified atom stereocenters. The first-order chi connectivity index (χ1) is 15.3. The minimum absolute atomic E-state index is 0.103. The number of anilines is 1. The lowest BCUT2D eigenvalue weighted by atomic mass is 9.78. The second-order valence-electron chi connectivity index (χ2n) is 9.35. The summed E-state index contributed by atoms with van der Waals surface area (Å²) in [6, 6.07) is 4.74. The SMILES string of the molecule is CC1(C)OB(CCCC2CN(S(=O)(=O)Nc3ccccn3)CC2(N=[N+]=[N-])C(=O)O)OC1(C)C. The maximum atomic E-state index is 12.9. The van der Waals surface area contributed by atoms with E-state index in [4.69, 9.17) is 14.8 Å². The molecule has 33 heavy (non-hydrogen) atoms. The Hall–Kier alpha value is -2.38. The Bertz CT molecular complexity index is 1010. The van der Waals surface area contributed by atoms with E-state index in [2.05, 4.69) is 19.7 Å². The van der Waals surface area contributed by atoms with Gasteiger partial charge < -0.3 is 14.4 Å². The van der Waals surface area contributed by atoms with Crippen LogP contribution in [0.5, 0.6) is 0 Å². The quantitative estimate of drug-likeness (QED) is 0.237. The summed E-state index contributed by atoms with van der Waals surface area (Å²) in [7, 11) is -4.57. The van der Waals surface area contributed by atoms with E-state index in [0.29, 0.717) is 19.2 Å². The van der Waals surface area contributed by atoms with Gasteiger partial charge in [0.05, 0.1) is 11.2 Å². The highest BCUT2D eigenvalue weighted by molar-refractivity contribution is 7.90. The number of pyridine rings is 1. The number of azide groups is 1. The van der Waals surface area contributed by atoms with Crippen LogP contribution in [0, 0.1) is 5.92 Å². The number of hydrogen-bond acceptors (Lipinski definition) is 7. The minimum atomic E-state index is -4.12. The van der Waals surface area contributed by atoms with Crippen LogP contribution in [0.15, 0.2) is 29.5 Å². The molecule has 0 amide bonds. The van der Waals surface area contributed by atoms with Crippen molar-refractivity contribution in [3.63, 3.8) is 0 Å². The van der Waals surface area contributed by atoms with Crippen LogP contribution >= 0.6 is 0 Å². The van der Waals surface area contributed by atoms with Crippen LogP contribution in [0.25, 0.3) is 10.4 Å². The van der Waals surface area contributed by atoms with Crippen LogP contribution in [0.2, 0.25) is 6.32 Å². The Balaban J connectivity index is 1.73. The monoisotopic (exact) mass is 480 g/mol. The molecule has 1 aromatic rings. The number of nitrogens with zero attached hydrogens (tertiary/aromatic N) is 5. The van der Waals surface area contributed by atoms with Gasteiger partial charge in [0.25, 0.3) is 0 Å². The molecule has 2 fully saturated rings. The molecule has 0 aromatic carbocycles. The summed E-state index contributed by atoms with van der Waals surface area (Å²) in [6.07, 6.45) is 2.74. The number of aliphatic carboxylic acids is 1. The minimum Gasteiger partial charge on any atom is -0.481 e. The normalized spacial score (nSPS) is 26.7. The van der Waals surface area contributed by atoms with E-state index in [-0.39, 0.29) is 12.4 Å². The molecule has 2 atom stereocenters. The fourth-order valence-corrected chi connectivity index (χ4v) is 5.34. The number of aromatic nitrogens is 1. The van der Waals surface area contributed by atoms with Crippen molar-refractivity contribution < 1.29 is 27.6 Å². The first-order valence-electron chi connectivity index (χ1n) is 10.7. The van der Waals surface area contributed by atoms with Crippen LogP contribution in [0.4, 0.5) is 5.82 Å². The lowest BCUT2D eigenvalue weighted by Crippen LogP contribution is -2.45. The average Bonchev–Trinajstić information content (AvgIpc) is 3.18. The standard InChI is InChI=1S/C19H29BN6O6S/c1-17(2)18(3,4)32-20(31-17)10-7-8-14-12-26(13-19(14,16(27)28)24-25-21)33(29,30)23-15-9-5-6-11-22-15/h5-6,9,11,14H,7-8,10,12-13H2,1-4H3,(H,22,23)(H,27,28). The summed E-state index contributed by atoms with van der Waals surface area (Å²) < 4.78 is 41.1. The van der Waals surface area contributed by atoms with Gasteiger partial charge >= 0.3 is 23.3 Å². The molecular formula is C19H29BN6O6S. The van der Waals surface area contributed by atoms with E-state index in [1.807, 2.05) is 27.7 Å². The van der Waals surface area contributed by atoms with Crippen molar-refractivity contribution in [3.05, 3.63) is 34.8 Å². The zero-order valence-corrected chi connectivity index (χ0v) is 19.9. The van der Waals surface area contributed by atoms with Gasteiger partial charge in [0.2, 0.25) is 0 Å². The molecule has 3 rings (SSSR count). The number of rotatable bonds is 9. The average molecular weight is 480 g/mol. The van der Waals surface area contributed by atoms with Gasteiger partial charge in [-0.1, -0.05) is 17.6 Å². The largest absolute Gasteiger partial charge is 0.481 e. The number of carbonyl (C=O) groups is 1. The molecule has 12 nitrogen and oxygen atoms in total. The Kier molecular flexibility index (Phi) is 6.97. The van der Waals surface area contributed by atoms with Gasteiger partial charge in [-0.05, 0) is 64.0 Å². The smallest absolute Gasteiger partial charge is 0.457 e. The zero-order chi connectivity index (χ0) is 24.5. The third-order valence-corrected chi connectivity index (χ3v) is 8.07. The fourth-order valence-electron chi connectivity index (χ4n) is 4.08. The van der Waals surface area contributed by atoms with Crippen LogP contribution in [0.3, 0.4) is 0 Å². The van der Waals surface area contributed by atoms with E-state index in [9.17, 15) is 18.3 Å². The maximum absolute atomic E-state index is 12.9. The van der Waals surface area contributed by atoms with Crippen molar-refractivity contribution in [2.75, 3.05) is 17.8 Å². The summed E-state index contributed by atoms with van der Waals surface area (Å²) in [6.45, 7) is 7.18. The van der Waals surface area contributed by atoms with Gasteiger partial charge in [-0.3, -0.25) is 9.52 Å². The van der Waals surface area contributed by atoms with Gasteiger partial charge in [-0.15, -0.1) is 0 Å². The molecule has 3 heterocycles. The summed E-state index contributed by atoms with van der Waals surface area (Å²) in [5, 5.41) is 13.5. The van der Waals surface area contributed by atoms with Gasteiger partial charge in [0.15, 0.2) is 5.54 Å². The third kappa shape index (κ3) is 5.09. The lowest BCUT2D eigenvalue weighted by molar-refractivity contribution is -0.144. The van der Waals surface area contributed by atoms with E-state index >= 15 is 0 Å². The highest BCUT2D eigenvalue weighted by atomic mass is 32.2. The summed E-state index contributed by atoms with van der Waals surface area (Å²) in [4.78, 5) is 18.8. The Labute approximate surface area is 193 Å². The lowest BCUT2D eigenvalue weighted by Gasteiger charge is -2.32. The topological polar surface area (TPSA) is 167 Å². The summed E-state index contributed by atoms with van der Waals surface area (Å²) in [5.74, 6) is -1.99. The van der Waals surface area contributed by atoms with Crippen LogP contribution < -0.4 is 4.72 Å². The van der Waals surface area contributed by atoms with Crippen LogP contribution in [-0.4, -0.2) is 65.7 Å². The second kappa shape index (κ2) is 9.11. The van der Waals surface area contributed by atoms with Gasteiger partial charge in [-0.25, -0.2) is 4.98 Å². The highest BCUT2D eigenvalue weighted by Crippen LogP contribution is 2.40. The Morgan fingerprint density at radius 3 is 2.58 bits per heavy atom. The number of carboxylic acids is 1. The van der Waals surface area contributed by atoms with E-state index in [1.54, 1.807) is 12.1 Å². The first kappa shape index (κ1) is 25.3. The predicted octanol–water partition coefficient (Wildman–Crippen LogP) is 2.68. The number of hydrogen-bond donors (Lipinski definition) is 2. The van der Waals surface area contributed by atoms with E-state index in [0.717, 1.165) is 4.31 Å². The fraction of sp³-hybridized carbons (Fsp3) is 0.684. The van der Waals surface area contributed by atoms with Crippen LogP contribution in [0.1, 0.15) is 40.5 Å². The third-order valence-electron chi connectivity index (χ3n) is 6.64. The molecule has 0 bridgehead atoms. The molecule has 2 aliphatic rings. The molecule has 0 spiro atoms. The number of carboxylic acid groups (broad SMARTS) is 1. The molecule has 2 N–H and O–H groups in total. The van der Waals surface area contributed by atoms with Crippen molar-refractivity contribution >= 4 is 29.1 Å². The van der Waals surface area contributed by atoms with Crippen molar-refractivity contribution in [3.8, 4) is 0 Å². The van der Waals surface area contributed by atoms with Gasteiger partial charge in [0.1, 0.15) is 5.82 Å². The van der Waals surface area contributed by atoms with E-state index < -0.39 is 52.5 Å². The second-order valence-corrected chi connectivity index (χ2v) is 11.0.